The number of hydrogen-bond donors (Lipinski definition) is 1. The van der Waals surface area contributed by atoms with E-state index in [2.05, 4.69) is 10.3 Å². The standard InChI is InChI=1S/C24H20N4O3S/c1-15(29)28-10-9-17-11-18(7-8-20(17)28)26-22(30)13-27-14-25-23-19(24(27)31)12-21(32-23)16-5-3-2-4-6-16/h2-8,11-12,14H,9-10,13H2,1H3,(H,26,30). The molecule has 1 aliphatic rings. The Balaban J connectivity index is 1.35. The Morgan fingerprint density at radius 3 is 2.72 bits per heavy atom. The van der Waals surface area contributed by atoms with Crippen LogP contribution in [-0.4, -0.2) is 27.9 Å². The summed E-state index contributed by atoms with van der Waals surface area (Å²) in [6.45, 7) is 2.06. The van der Waals surface area contributed by atoms with Crippen LogP contribution in [0.3, 0.4) is 0 Å². The average Bonchev–Trinajstić information content (AvgIpc) is 3.41. The number of carbonyl (C=O) groups is 2. The van der Waals surface area contributed by atoms with Crippen molar-refractivity contribution in [3.8, 4) is 10.4 Å². The van der Waals surface area contributed by atoms with E-state index in [-0.39, 0.29) is 23.9 Å². The van der Waals surface area contributed by atoms with E-state index in [1.165, 1.54) is 22.2 Å². The molecule has 2 aromatic heterocycles. The molecule has 160 valence electrons. The van der Waals surface area contributed by atoms with E-state index in [1.807, 2.05) is 48.5 Å². The first-order valence-electron chi connectivity index (χ1n) is 10.2. The van der Waals surface area contributed by atoms with Crippen LogP contribution in [0.2, 0.25) is 0 Å². The normalized spacial score (nSPS) is 12.7. The SMILES string of the molecule is CC(=O)N1CCc2cc(NC(=O)Cn3cnc4sc(-c5ccccc5)cc4c3=O)ccc21. The van der Waals surface area contributed by atoms with Gasteiger partial charge >= 0.3 is 0 Å². The van der Waals surface area contributed by atoms with E-state index in [0.717, 1.165) is 28.1 Å². The number of nitrogens with one attached hydrogen (secondary N) is 1. The Bertz CT molecular complexity index is 1410. The zero-order valence-electron chi connectivity index (χ0n) is 17.4. The largest absolute Gasteiger partial charge is 0.325 e. The molecular formula is C24H20N4O3S. The molecule has 0 saturated heterocycles. The number of aromatic nitrogens is 2. The number of anilines is 2. The van der Waals surface area contributed by atoms with Crippen LogP contribution in [0, 0.1) is 0 Å². The molecule has 32 heavy (non-hydrogen) atoms. The molecule has 0 spiro atoms. The molecule has 0 radical (unpaired) electrons. The first-order valence-corrected chi connectivity index (χ1v) is 11.1. The van der Waals surface area contributed by atoms with Crippen molar-refractivity contribution < 1.29 is 9.59 Å². The zero-order valence-corrected chi connectivity index (χ0v) is 18.2. The minimum atomic E-state index is -0.312. The predicted molar refractivity (Wildman–Crippen MR) is 126 cm³/mol. The molecule has 2 amide bonds. The third-order valence-electron chi connectivity index (χ3n) is 5.53. The summed E-state index contributed by atoms with van der Waals surface area (Å²) in [7, 11) is 0. The fourth-order valence-corrected chi connectivity index (χ4v) is 4.97. The van der Waals surface area contributed by atoms with E-state index in [0.29, 0.717) is 22.4 Å². The van der Waals surface area contributed by atoms with Gasteiger partial charge in [-0.25, -0.2) is 4.98 Å². The smallest absolute Gasteiger partial charge is 0.262 e. The summed E-state index contributed by atoms with van der Waals surface area (Å²) in [4.78, 5) is 45.0. The van der Waals surface area contributed by atoms with Gasteiger partial charge in [0.05, 0.1) is 11.7 Å². The second kappa shape index (κ2) is 8.05. The van der Waals surface area contributed by atoms with Crippen LogP contribution in [0.15, 0.2) is 65.7 Å². The first-order chi connectivity index (χ1) is 15.5. The highest BCUT2D eigenvalue weighted by molar-refractivity contribution is 7.21. The van der Waals surface area contributed by atoms with Gasteiger partial charge in [-0.1, -0.05) is 30.3 Å². The number of hydrogen-bond acceptors (Lipinski definition) is 5. The van der Waals surface area contributed by atoms with Crippen molar-refractivity contribution in [1.82, 2.24) is 9.55 Å². The maximum Gasteiger partial charge on any atom is 0.262 e. The van der Waals surface area contributed by atoms with Crippen LogP contribution in [-0.2, 0) is 22.6 Å². The Morgan fingerprint density at radius 1 is 1.12 bits per heavy atom. The van der Waals surface area contributed by atoms with Gasteiger partial charge in [0.2, 0.25) is 11.8 Å². The molecule has 1 aliphatic heterocycles. The number of rotatable bonds is 4. The van der Waals surface area contributed by atoms with E-state index < -0.39 is 0 Å². The Hall–Kier alpha value is -3.78. The molecule has 0 aliphatic carbocycles. The van der Waals surface area contributed by atoms with Gasteiger partial charge in [-0.3, -0.25) is 19.0 Å². The maximum absolute atomic E-state index is 12.9. The first kappa shape index (κ1) is 20.1. The minimum Gasteiger partial charge on any atom is -0.325 e. The average molecular weight is 445 g/mol. The third-order valence-corrected chi connectivity index (χ3v) is 6.62. The summed E-state index contributed by atoms with van der Waals surface area (Å²) in [6.07, 6.45) is 2.17. The quantitative estimate of drug-likeness (QED) is 0.521. The third kappa shape index (κ3) is 3.69. The van der Waals surface area contributed by atoms with Gasteiger partial charge < -0.3 is 10.2 Å². The lowest BCUT2D eigenvalue weighted by Gasteiger charge is -2.15. The minimum absolute atomic E-state index is 0.00616. The molecule has 0 fully saturated rings. The van der Waals surface area contributed by atoms with Crippen LogP contribution in [0.25, 0.3) is 20.7 Å². The number of carbonyl (C=O) groups excluding carboxylic acids is 2. The molecule has 8 heteroatoms. The van der Waals surface area contributed by atoms with Crippen LogP contribution < -0.4 is 15.8 Å². The van der Waals surface area contributed by atoms with Crippen molar-refractivity contribution in [2.24, 2.45) is 0 Å². The molecule has 0 unspecified atom stereocenters. The fourth-order valence-electron chi connectivity index (χ4n) is 3.98. The molecule has 3 heterocycles. The lowest BCUT2D eigenvalue weighted by molar-refractivity contribution is -0.117. The monoisotopic (exact) mass is 444 g/mol. The lowest BCUT2D eigenvalue weighted by Crippen LogP contribution is -2.27. The Morgan fingerprint density at radius 2 is 1.94 bits per heavy atom. The van der Waals surface area contributed by atoms with E-state index in [1.54, 1.807) is 17.9 Å². The van der Waals surface area contributed by atoms with E-state index in [4.69, 9.17) is 0 Å². The van der Waals surface area contributed by atoms with E-state index >= 15 is 0 Å². The second-order valence-corrected chi connectivity index (χ2v) is 8.72. The molecule has 0 atom stereocenters. The highest BCUT2D eigenvalue weighted by atomic mass is 32.1. The highest BCUT2D eigenvalue weighted by Crippen LogP contribution is 2.31. The van der Waals surface area contributed by atoms with Crippen LogP contribution in [0.4, 0.5) is 11.4 Å². The molecule has 5 rings (SSSR count). The van der Waals surface area contributed by atoms with Gasteiger partial charge in [-0.2, -0.15) is 0 Å². The van der Waals surface area contributed by atoms with Gasteiger partial charge in [0.1, 0.15) is 11.4 Å². The summed E-state index contributed by atoms with van der Waals surface area (Å²) < 4.78 is 1.32. The molecular weight excluding hydrogens is 424 g/mol. The van der Waals surface area contributed by atoms with Crippen molar-refractivity contribution in [3.05, 3.63) is 76.8 Å². The van der Waals surface area contributed by atoms with Gasteiger partial charge in [0, 0.05) is 29.7 Å². The molecule has 0 saturated carbocycles. The van der Waals surface area contributed by atoms with E-state index in [9.17, 15) is 14.4 Å². The topological polar surface area (TPSA) is 84.3 Å². The van der Waals surface area contributed by atoms with Crippen molar-refractivity contribution in [1.29, 1.82) is 0 Å². The number of fused-ring (bicyclic) bond motifs is 2. The summed E-state index contributed by atoms with van der Waals surface area (Å²) in [5.41, 5.74) is 3.33. The number of amides is 2. The predicted octanol–water partition coefficient (Wildman–Crippen LogP) is 3.67. The second-order valence-electron chi connectivity index (χ2n) is 7.69. The van der Waals surface area contributed by atoms with Crippen LogP contribution in [0.5, 0.6) is 0 Å². The van der Waals surface area contributed by atoms with Crippen LogP contribution >= 0.6 is 11.3 Å². The van der Waals surface area contributed by atoms with Crippen molar-refractivity contribution in [3.63, 3.8) is 0 Å². The molecule has 2 aromatic carbocycles. The molecule has 7 nitrogen and oxygen atoms in total. The van der Waals surface area contributed by atoms with Crippen LogP contribution in [0.1, 0.15) is 12.5 Å². The highest BCUT2D eigenvalue weighted by Gasteiger charge is 2.22. The van der Waals surface area contributed by atoms with Crippen molar-refractivity contribution in [2.45, 2.75) is 19.9 Å². The van der Waals surface area contributed by atoms with Crippen molar-refractivity contribution in [2.75, 3.05) is 16.8 Å². The fraction of sp³-hybridized carbons (Fsp3) is 0.167. The summed E-state index contributed by atoms with van der Waals surface area (Å²) in [6, 6.07) is 17.2. The molecule has 0 bridgehead atoms. The summed E-state index contributed by atoms with van der Waals surface area (Å²) >= 11 is 1.46. The van der Waals surface area contributed by atoms with Gasteiger partial charge in [0.25, 0.3) is 5.56 Å². The molecule has 4 aromatic rings. The number of thiophene rings is 1. The number of nitrogens with zero attached hydrogens (tertiary/aromatic N) is 3. The Labute approximate surface area is 187 Å². The lowest BCUT2D eigenvalue weighted by atomic mass is 10.1. The van der Waals surface area contributed by atoms with Gasteiger partial charge in [-0.15, -0.1) is 11.3 Å². The summed E-state index contributed by atoms with van der Waals surface area (Å²) in [5, 5.41) is 3.35. The maximum atomic E-state index is 12.9. The van der Waals surface area contributed by atoms with Crippen molar-refractivity contribution >= 4 is 44.7 Å². The zero-order chi connectivity index (χ0) is 22.2. The molecule has 1 N–H and O–H groups in total. The van der Waals surface area contributed by atoms with Gasteiger partial charge in [0.15, 0.2) is 0 Å². The number of benzene rings is 2. The summed E-state index contributed by atoms with van der Waals surface area (Å²) in [5.74, 6) is -0.306. The van der Waals surface area contributed by atoms with Gasteiger partial charge in [-0.05, 0) is 41.8 Å². The Kier molecular flexibility index (Phi) is 5.07.